The molecule has 0 bridgehead atoms. The van der Waals surface area contributed by atoms with Crippen LogP contribution in [0.4, 0.5) is 4.39 Å². The number of benzene rings is 1. The lowest BCUT2D eigenvalue weighted by Crippen LogP contribution is -2.05. The molecule has 0 N–H and O–H groups in total. The van der Waals surface area contributed by atoms with Crippen molar-refractivity contribution in [2.75, 3.05) is 0 Å². The molecule has 0 radical (unpaired) electrons. The summed E-state index contributed by atoms with van der Waals surface area (Å²) in [5.41, 5.74) is 4.24. The largest absolute Gasteiger partial charge is 0.332 e. The van der Waals surface area contributed by atoms with Crippen molar-refractivity contribution in [3.63, 3.8) is 0 Å². The van der Waals surface area contributed by atoms with Gasteiger partial charge in [-0.1, -0.05) is 17.3 Å². The first kappa shape index (κ1) is 16.8. The molecule has 9 heteroatoms. The smallest absolute Gasteiger partial charge is 0.279 e. The summed E-state index contributed by atoms with van der Waals surface area (Å²) in [6, 6.07) is 4.91. The van der Waals surface area contributed by atoms with Crippen LogP contribution in [0, 0.1) is 5.82 Å². The van der Waals surface area contributed by atoms with Crippen LogP contribution >= 0.6 is 0 Å². The van der Waals surface area contributed by atoms with Crippen LogP contribution in [0.3, 0.4) is 0 Å². The number of hydrogen-bond donors (Lipinski definition) is 0. The van der Waals surface area contributed by atoms with Crippen LogP contribution in [-0.4, -0.2) is 34.7 Å². The van der Waals surface area contributed by atoms with E-state index in [0.717, 1.165) is 25.0 Å². The van der Waals surface area contributed by atoms with E-state index in [0.29, 0.717) is 29.4 Å². The highest BCUT2D eigenvalue weighted by atomic mass is 19.1. The molecule has 142 valence electrons. The van der Waals surface area contributed by atoms with Crippen molar-refractivity contribution in [3.05, 3.63) is 53.5 Å². The number of hydrogen-bond acceptors (Lipinski definition) is 6. The van der Waals surface area contributed by atoms with Gasteiger partial charge in [-0.3, -0.25) is 4.68 Å². The lowest BCUT2D eigenvalue weighted by molar-refractivity contribution is 0.430. The van der Waals surface area contributed by atoms with Gasteiger partial charge in [0.1, 0.15) is 18.5 Å². The van der Waals surface area contributed by atoms with Crippen LogP contribution in [0.5, 0.6) is 0 Å². The molecule has 0 saturated heterocycles. The van der Waals surface area contributed by atoms with Crippen molar-refractivity contribution in [1.82, 2.24) is 34.7 Å². The van der Waals surface area contributed by atoms with Gasteiger partial charge in [-0.05, 0) is 31.7 Å². The second-order valence-corrected chi connectivity index (χ2v) is 6.97. The lowest BCUT2D eigenvalue weighted by Gasteiger charge is -2.11. The summed E-state index contributed by atoms with van der Waals surface area (Å²) >= 11 is 0. The van der Waals surface area contributed by atoms with Crippen molar-refractivity contribution in [2.24, 2.45) is 7.05 Å². The van der Waals surface area contributed by atoms with Gasteiger partial charge < -0.3 is 9.09 Å². The van der Waals surface area contributed by atoms with Gasteiger partial charge in [0.15, 0.2) is 5.69 Å². The first-order chi connectivity index (χ1) is 13.7. The van der Waals surface area contributed by atoms with E-state index in [4.69, 9.17) is 4.52 Å². The molecule has 0 fully saturated rings. The van der Waals surface area contributed by atoms with Crippen molar-refractivity contribution in [1.29, 1.82) is 0 Å². The Labute approximate surface area is 160 Å². The fourth-order valence-corrected chi connectivity index (χ4v) is 3.70. The quantitative estimate of drug-likeness (QED) is 0.542. The number of halogens is 1. The fraction of sp³-hybridized carbons (Fsp3) is 0.316. The minimum Gasteiger partial charge on any atom is -0.332 e. The molecule has 0 spiro atoms. The zero-order chi connectivity index (χ0) is 19.1. The van der Waals surface area contributed by atoms with Crippen LogP contribution in [-0.2, 0) is 26.4 Å². The van der Waals surface area contributed by atoms with E-state index in [9.17, 15) is 4.39 Å². The Morgan fingerprint density at radius 1 is 1.14 bits per heavy atom. The normalized spacial score (nSPS) is 13.6. The monoisotopic (exact) mass is 379 g/mol. The standard InChI is InChI=1S/C19H18FN7O/c1-26-16-5-3-2-4-14(16)17(24-26)19-23-18(25-28-19)12-6-7-13(15(20)8-12)9-27-10-21-22-11-27/h6-8,10-11H,2-5,9H2,1H3. The number of aromatic nitrogens is 7. The summed E-state index contributed by atoms with van der Waals surface area (Å²) in [4.78, 5) is 4.47. The molecule has 1 aliphatic rings. The average molecular weight is 379 g/mol. The Hall–Kier alpha value is -3.36. The predicted octanol–water partition coefficient (Wildman–Crippen LogP) is 2.79. The van der Waals surface area contributed by atoms with Crippen molar-refractivity contribution in [2.45, 2.75) is 32.2 Å². The molecule has 0 amide bonds. The van der Waals surface area contributed by atoms with Gasteiger partial charge in [0.2, 0.25) is 5.82 Å². The molecule has 0 atom stereocenters. The van der Waals surface area contributed by atoms with Crippen LogP contribution in [0.2, 0.25) is 0 Å². The first-order valence-corrected chi connectivity index (χ1v) is 9.19. The second-order valence-electron chi connectivity index (χ2n) is 6.97. The van der Waals surface area contributed by atoms with E-state index in [2.05, 4.69) is 25.4 Å². The summed E-state index contributed by atoms with van der Waals surface area (Å²) in [6.07, 6.45) is 7.37. The first-order valence-electron chi connectivity index (χ1n) is 9.19. The molecule has 3 heterocycles. The highest BCUT2D eigenvalue weighted by Crippen LogP contribution is 2.31. The van der Waals surface area contributed by atoms with Gasteiger partial charge in [-0.25, -0.2) is 4.39 Å². The maximum atomic E-state index is 14.5. The van der Waals surface area contributed by atoms with Crippen LogP contribution in [0.25, 0.3) is 23.0 Å². The van der Waals surface area contributed by atoms with E-state index in [1.54, 1.807) is 29.4 Å². The summed E-state index contributed by atoms with van der Waals surface area (Å²) < 4.78 is 23.6. The summed E-state index contributed by atoms with van der Waals surface area (Å²) in [5.74, 6) is 0.385. The predicted molar refractivity (Wildman–Crippen MR) is 97.7 cm³/mol. The molecule has 4 aromatic rings. The van der Waals surface area contributed by atoms with Crippen molar-refractivity contribution in [3.8, 4) is 23.0 Å². The van der Waals surface area contributed by atoms with Gasteiger partial charge in [0, 0.05) is 29.4 Å². The number of aryl methyl sites for hydroxylation is 1. The molecule has 0 aliphatic heterocycles. The minimum absolute atomic E-state index is 0.340. The van der Waals surface area contributed by atoms with Crippen molar-refractivity contribution < 1.29 is 8.91 Å². The summed E-state index contributed by atoms with van der Waals surface area (Å²) in [7, 11) is 1.94. The van der Waals surface area contributed by atoms with Gasteiger partial charge in [0.05, 0.1) is 6.54 Å². The van der Waals surface area contributed by atoms with E-state index >= 15 is 0 Å². The molecule has 1 aliphatic carbocycles. The van der Waals surface area contributed by atoms with E-state index in [-0.39, 0.29) is 5.82 Å². The van der Waals surface area contributed by atoms with Gasteiger partial charge in [-0.2, -0.15) is 10.1 Å². The Balaban J connectivity index is 1.44. The summed E-state index contributed by atoms with van der Waals surface area (Å²) in [6.45, 7) is 0.358. The molecule has 8 nitrogen and oxygen atoms in total. The molecular formula is C19H18FN7O. The third-order valence-corrected chi connectivity index (χ3v) is 5.12. The Morgan fingerprint density at radius 2 is 1.96 bits per heavy atom. The molecule has 3 aromatic heterocycles. The number of nitrogens with zero attached hydrogens (tertiary/aromatic N) is 7. The molecule has 5 rings (SSSR count). The Kier molecular flexibility index (Phi) is 4.00. The van der Waals surface area contributed by atoms with Crippen LogP contribution < -0.4 is 0 Å². The van der Waals surface area contributed by atoms with E-state index < -0.39 is 0 Å². The van der Waals surface area contributed by atoms with Gasteiger partial charge >= 0.3 is 0 Å². The maximum absolute atomic E-state index is 14.5. The third kappa shape index (κ3) is 2.88. The number of rotatable bonds is 4. The topological polar surface area (TPSA) is 87.5 Å². The Morgan fingerprint density at radius 3 is 2.79 bits per heavy atom. The van der Waals surface area contributed by atoms with Crippen LogP contribution in [0.15, 0.2) is 35.4 Å². The average Bonchev–Trinajstić information content (AvgIpc) is 3.44. The third-order valence-electron chi connectivity index (χ3n) is 5.12. The fourth-order valence-electron chi connectivity index (χ4n) is 3.70. The highest BCUT2D eigenvalue weighted by molar-refractivity contribution is 5.61. The van der Waals surface area contributed by atoms with Gasteiger partial charge in [0.25, 0.3) is 5.89 Å². The van der Waals surface area contributed by atoms with Crippen LogP contribution in [0.1, 0.15) is 29.7 Å². The highest BCUT2D eigenvalue weighted by Gasteiger charge is 2.24. The second kappa shape index (κ2) is 6.66. The van der Waals surface area contributed by atoms with E-state index in [1.165, 1.54) is 23.7 Å². The molecule has 28 heavy (non-hydrogen) atoms. The molecule has 0 saturated carbocycles. The number of fused-ring (bicyclic) bond motifs is 1. The zero-order valence-corrected chi connectivity index (χ0v) is 15.3. The maximum Gasteiger partial charge on any atom is 0.279 e. The minimum atomic E-state index is -0.340. The zero-order valence-electron chi connectivity index (χ0n) is 15.3. The Bertz CT molecular complexity index is 1130. The molecule has 0 unspecified atom stereocenters. The molecular weight excluding hydrogens is 361 g/mol. The lowest BCUT2D eigenvalue weighted by atomic mass is 9.96. The molecule has 1 aromatic carbocycles. The van der Waals surface area contributed by atoms with Gasteiger partial charge in [-0.15, -0.1) is 10.2 Å². The summed E-state index contributed by atoms with van der Waals surface area (Å²) in [5, 5.41) is 16.1. The van der Waals surface area contributed by atoms with E-state index in [1.807, 2.05) is 11.7 Å². The van der Waals surface area contributed by atoms with Crippen molar-refractivity contribution >= 4 is 0 Å². The SMILES string of the molecule is Cn1nc(-c2nc(-c3ccc(Cn4cnnc4)c(F)c3)no2)c2c1CCCC2.